The van der Waals surface area contributed by atoms with Gasteiger partial charge in [0, 0.05) is 56.2 Å². The second kappa shape index (κ2) is 10.3. The van der Waals surface area contributed by atoms with Crippen molar-refractivity contribution in [1.29, 1.82) is 0 Å². The molecule has 2 saturated heterocycles. The number of ether oxygens (including phenoxy) is 1. The summed E-state index contributed by atoms with van der Waals surface area (Å²) in [6, 6.07) is 15.5. The van der Waals surface area contributed by atoms with Crippen LogP contribution in [0, 0.1) is 0 Å². The van der Waals surface area contributed by atoms with Crippen LogP contribution in [-0.4, -0.2) is 86.3 Å². The topological polar surface area (TPSA) is 111 Å². The number of benzene rings is 2. The Kier molecular flexibility index (Phi) is 7.23. The van der Waals surface area contributed by atoms with Crippen molar-refractivity contribution in [2.75, 3.05) is 63.1 Å². The molecule has 2 fully saturated rings. The summed E-state index contributed by atoms with van der Waals surface area (Å²) in [6.45, 7) is 2.57. The molecule has 0 saturated carbocycles. The Balaban J connectivity index is 1.28. The van der Waals surface area contributed by atoms with Crippen LogP contribution in [0.15, 0.2) is 54.6 Å². The maximum atomic E-state index is 12.8. The molecule has 11 heteroatoms. The van der Waals surface area contributed by atoms with E-state index in [0.717, 1.165) is 0 Å². The normalized spacial score (nSPS) is 18.0. The number of nitrogens with one attached hydrogen (secondary N) is 2. The first-order chi connectivity index (χ1) is 15.9. The lowest BCUT2D eigenvalue weighted by Crippen LogP contribution is -2.56. The standard InChI is InChI=1S/C22H27N5O5S/c28-21(23-19-4-2-1-3-5-19)18-6-8-20(9-7-18)24-22(29)25-10-12-26(13-11-25)33(30,31)27-14-16-32-17-15-27/h1-9H,10-17H2,(H,23,28)(H,24,29). The summed E-state index contributed by atoms with van der Waals surface area (Å²) < 4.78 is 33.6. The van der Waals surface area contributed by atoms with Crippen LogP contribution in [0.5, 0.6) is 0 Å². The molecule has 2 aromatic carbocycles. The van der Waals surface area contributed by atoms with Crippen LogP contribution in [-0.2, 0) is 14.9 Å². The zero-order chi connectivity index (χ0) is 23.3. The Morgan fingerprint density at radius 3 is 1.94 bits per heavy atom. The van der Waals surface area contributed by atoms with Gasteiger partial charge in [0.2, 0.25) is 0 Å². The lowest BCUT2D eigenvalue weighted by Gasteiger charge is -2.37. The van der Waals surface area contributed by atoms with Crippen molar-refractivity contribution < 1.29 is 22.7 Å². The number of hydrogen-bond donors (Lipinski definition) is 2. The van der Waals surface area contributed by atoms with Crippen molar-refractivity contribution in [3.8, 4) is 0 Å². The second-order valence-corrected chi connectivity index (χ2v) is 9.66. The van der Waals surface area contributed by atoms with Crippen molar-refractivity contribution in [2.45, 2.75) is 0 Å². The first-order valence-corrected chi connectivity index (χ1v) is 12.2. The molecule has 0 unspecified atom stereocenters. The Hall–Kier alpha value is -2.99. The Labute approximate surface area is 193 Å². The van der Waals surface area contributed by atoms with Crippen molar-refractivity contribution in [3.05, 3.63) is 60.2 Å². The van der Waals surface area contributed by atoms with Crippen LogP contribution < -0.4 is 10.6 Å². The smallest absolute Gasteiger partial charge is 0.321 e. The molecule has 0 radical (unpaired) electrons. The Morgan fingerprint density at radius 2 is 1.30 bits per heavy atom. The van der Waals surface area contributed by atoms with E-state index in [9.17, 15) is 18.0 Å². The molecule has 0 atom stereocenters. The highest BCUT2D eigenvalue weighted by atomic mass is 32.2. The highest BCUT2D eigenvalue weighted by Gasteiger charge is 2.34. The van der Waals surface area contributed by atoms with E-state index in [1.165, 1.54) is 8.61 Å². The summed E-state index contributed by atoms with van der Waals surface area (Å²) >= 11 is 0. The number of nitrogens with zero attached hydrogens (tertiary/aromatic N) is 3. The first-order valence-electron chi connectivity index (χ1n) is 10.8. The summed E-state index contributed by atoms with van der Waals surface area (Å²) in [5, 5.41) is 5.62. The largest absolute Gasteiger partial charge is 0.379 e. The third-order valence-electron chi connectivity index (χ3n) is 5.58. The molecule has 2 N–H and O–H groups in total. The zero-order valence-electron chi connectivity index (χ0n) is 18.1. The average Bonchev–Trinajstić information content (AvgIpc) is 2.85. The van der Waals surface area contributed by atoms with Crippen LogP contribution in [0.25, 0.3) is 0 Å². The van der Waals surface area contributed by atoms with E-state index in [1.807, 2.05) is 18.2 Å². The number of hydrogen-bond acceptors (Lipinski definition) is 5. The van der Waals surface area contributed by atoms with Crippen LogP contribution in [0.2, 0.25) is 0 Å². The van der Waals surface area contributed by atoms with Crippen LogP contribution in [0.4, 0.5) is 16.2 Å². The third kappa shape index (κ3) is 5.69. The van der Waals surface area contributed by atoms with Crippen molar-refractivity contribution in [3.63, 3.8) is 0 Å². The SMILES string of the molecule is O=C(Nc1ccccc1)c1ccc(NC(=O)N2CCN(S(=O)(=O)N3CCOCC3)CC2)cc1. The van der Waals surface area contributed by atoms with E-state index in [2.05, 4.69) is 10.6 Å². The molecule has 3 amide bonds. The number of carbonyl (C=O) groups excluding carboxylic acids is 2. The molecule has 33 heavy (non-hydrogen) atoms. The third-order valence-corrected chi connectivity index (χ3v) is 7.61. The first kappa shape index (κ1) is 23.2. The van der Waals surface area contributed by atoms with Crippen molar-refractivity contribution in [1.82, 2.24) is 13.5 Å². The van der Waals surface area contributed by atoms with Gasteiger partial charge in [-0.2, -0.15) is 17.0 Å². The zero-order valence-corrected chi connectivity index (χ0v) is 19.0. The van der Waals surface area contributed by atoms with E-state index >= 15 is 0 Å². The van der Waals surface area contributed by atoms with E-state index in [0.29, 0.717) is 56.3 Å². The van der Waals surface area contributed by atoms with Gasteiger partial charge in [0.15, 0.2) is 0 Å². The highest BCUT2D eigenvalue weighted by Crippen LogP contribution is 2.16. The fraction of sp³-hybridized carbons (Fsp3) is 0.364. The lowest BCUT2D eigenvalue weighted by molar-refractivity contribution is 0.0691. The number of para-hydroxylation sites is 1. The number of rotatable bonds is 5. The molecule has 2 aliphatic rings. The van der Waals surface area contributed by atoms with E-state index in [-0.39, 0.29) is 25.0 Å². The quantitative estimate of drug-likeness (QED) is 0.686. The molecule has 0 spiro atoms. The molecule has 2 aromatic rings. The fourth-order valence-corrected chi connectivity index (χ4v) is 5.26. The minimum absolute atomic E-state index is 0.239. The maximum absolute atomic E-state index is 12.8. The van der Waals surface area contributed by atoms with Gasteiger partial charge < -0.3 is 20.3 Å². The van der Waals surface area contributed by atoms with Gasteiger partial charge in [0.05, 0.1) is 13.2 Å². The lowest BCUT2D eigenvalue weighted by atomic mass is 10.2. The van der Waals surface area contributed by atoms with Gasteiger partial charge in [-0.15, -0.1) is 0 Å². The van der Waals surface area contributed by atoms with Crippen LogP contribution in [0.3, 0.4) is 0 Å². The van der Waals surface area contributed by atoms with Crippen molar-refractivity contribution in [2.24, 2.45) is 0 Å². The molecule has 10 nitrogen and oxygen atoms in total. The van der Waals surface area contributed by atoms with E-state index in [4.69, 9.17) is 4.74 Å². The van der Waals surface area contributed by atoms with E-state index < -0.39 is 10.2 Å². The predicted octanol–water partition coefficient (Wildman–Crippen LogP) is 1.67. The summed E-state index contributed by atoms with van der Waals surface area (Å²) in [5.41, 5.74) is 1.73. The van der Waals surface area contributed by atoms with Gasteiger partial charge in [0.25, 0.3) is 16.1 Å². The molecule has 0 aliphatic carbocycles. The predicted molar refractivity (Wildman–Crippen MR) is 124 cm³/mol. The molecule has 0 aromatic heterocycles. The Bertz CT molecular complexity index is 1060. The summed E-state index contributed by atoms with van der Waals surface area (Å²) in [4.78, 5) is 26.6. The number of amides is 3. The molecule has 2 heterocycles. The minimum atomic E-state index is -3.54. The molecule has 176 valence electrons. The Morgan fingerprint density at radius 1 is 0.727 bits per heavy atom. The second-order valence-electron chi connectivity index (χ2n) is 7.73. The monoisotopic (exact) mass is 473 g/mol. The van der Waals surface area contributed by atoms with Gasteiger partial charge in [-0.3, -0.25) is 4.79 Å². The minimum Gasteiger partial charge on any atom is -0.379 e. The molecule has 2 aliphatic heterocycles. The summed E-state index contributed by atoms with van der Waals surface area (Å²) in [6.07, 6.45) is 0. The summed E-state index contributed by atoms with van der Waals surface area (Å²) in [5.74, 6) is -0.239. The van der Waals surface area contributed by atoms with Gasteiger partial charge in [-0.25, -0.2) is 4.79 Å². The summed E-state index contributed by atoms with van der Waals surface area (Å²) in [7, 11) is -3.54. The number of urea groups is 1. The maximum Gasteiger partial charge on any atom is 0.321 e. The number of carbonyl (C=O) groups is 2. The van der Waals surface area contributed by atoms with Crippen molar-refractivity contribution >= 4 is 33.5 Å². The molecule has 0 bridgehead atoms. The van der Waals surface area contributed by atoms with Crippen LogP contribution >= 0.6 is 0 Å². The van der Waals surface area contributed by atoms with Gasteiger partial charge >= 0.3 is 6.03 Å². The number of piperazine rings is 1. The van der Waals surface area contributed by atoms with Gasteiger partial charge in [-0.1, -0.05) is 18.2 Å². The number of anilines is 2. The van der Waals surface area contributed by atoms with Gasteiger partial charge in [0.1, 0.15) is 0 Å². The van der Waals surface area contributed by atoms with E-state index in [1.54, 1.807) is 41.3 Å². The fourth-order valence-electron chi connectivity index (χ4n) is 3.69. The highest BCUT2D eigenvalue weighted by molar-refractivity contribution is 7.86. The molecular weight excluding hydrogens is 446 g/mol. The number of morpholine rings is 1. The molecular formula is C22H27N5O5S. The average molecular weight is 474 g/mol. The van der Waals surface area contributed by atoms with Gasteiger partial charge in [-0.05, 0) is 36.4 Å². The van der Waals surface area contributed by atoms with Crippen LogP contribution in [0.1, 0.15) is 10.4 Å². The molecule has 4 rings (SSSR count).